The standard InChI is InChI=1S/C25H26N4O/c26-18-20-8-10-23(11-9-20)27-25(30)12-13-28-14-16-29(17-15-28)19-22-6-3-5-21-4-1-2-7-24(21)22/h1-11H,12-17,19H2,(H,27,30). The van der Waals surface area contributed by atoms with E-state index in [1.807, 2.05) is 0 Å². The molecule has 152 valence electrons. The first-order valence-corrected chi connectivity index (χ1v) is 10.4. The van der Waals surface area contributed by atoms with Crippen LogP contribution < -0.4 is 5.32 Å². The van der Waals surface area contributed by atoms with Crippen LogP contribution in [-0.4, -0.2) is 48.4 Å². The number of amides is 1. The summed E-state index contributed by atoms with van der Waals surface area (Å²) < 4.78 is 0. The number of carbonyl (C=O) groups excluding carboxylic acids is 1. The van der Waals surface area contributed by atoms with Crippen molar-refractivity contribution in [3.63, 3.8) is 0 Å². The molecule has 30 heavy (non-hydrogen) atoms. The second-order valence-corrected chi connectivity index (χ2v) is 7.74. The van der Waals surface area contributed by atoms with E-state index in [-0.39, 0.29) is 5.91 Å². The van der Waals surface area contributed by atoms with Gasteiger partial charge in [0.25, 0.3) is 0 Å². The van der Waals surface area contributed by atoms with Crippen molar-refractivity contribution in [3.05, 3.63) is 77.9 Å². The molecule has 1 aliphatic heterocycles. The molecule has 0 spiro atoms. The second-order valence-electron chi connectivity index (χ2n) is 7.74. The first-order valence-electron chi connectivity index (χ1n) is 10.4. The van der Waals surface area contributed by atoms with Crippen LogP contribution in [-0.2, 0) is 11.3 Å². The molecule has 5 heteroatoms. The lowest BCUT2D eigenvalue weighted by Gasteiger charge is -2.34. The van der Waals surface area contributed by atoms with E-state index in [9.17, 15) is 4.79 Å². The molecular formula is C25H26N4O. The first kappa shape index (κ1) is 20.1. The van der Waals surface area contributed by atoms with Gasteiger partial charge in [0.2, 0.25) is 5.91 Å². The Morgan fingerprint density at radius 2 is 1.60 bits per heavy atom. The van der Waals surface area contributed by atoms with E-state index in [2.05, 4.69) is 63.7 Å². The fourth-order valence-electron chi connectivity index (χ4n) is 3.95. The quantitative estimate of drug-likeness (QED) is 0.685. The minimum Gasteiger partial charge on any atom is -0.326 e. The van der Waals surface area contributed by atoms with E-state index in [0.717, 1.165) is 45.0 Å². The summed E-state index contributed by atoms with van der Waals surface area (Å²) in [6.45, 7) is 5.73. The molecule has 0 atom stereocenters. The Bertz CT molecular complexity index is 1040. The molecule has 0 unspecified atom stereocenters. The van der Waals surface area contributed by atoms with E-state index in [1.54, 1.807) is 24.3 Å². The highest BCUT2D eigenvalue weighted by Crippen LogP contribution is 2.20. The highest BCUT2D eigenvalue weighted by atomic mass is 16.1. The summed E-state index contributed by atoms with van der Waals surface area (Å²) >= 11 is 0. The Balaban J connectivity index is 1.22. The molecule has 4 rings (SSSR count). The maximum Gasteiger partial charge on any atom is 0.225 e. The van der Waals surface area contributed by atoms with E-state index in [4.69, 9.17) is 5.26 Å². The SMILES string of the molecule is N#Cc1ccc(NC(=O)CCN2CCN(Cc3cccc4ccccc34)CC2)cc1. The number of nitrogens with one attached hydrogen (secondary N) is 1. The minimum absolute atomic E-state index is 0.0119. The van der Waals surface area contributed by atoms with E-state index in [1.165, 1.54) is 16.3 Å². The van der Waals surface area contributed by atoms with Gasteiger partial charge in [0.15, 0.2) is 0 Å². The summed E-state index contributed by atoms with van der Waals surface area (Å²) in [7, 11) is 0. The van der Waals surface area contributed by atoms with Gasteiger partial charge in [0.05, 0.1) is 11.6 Å². The molecule has 1 N–H and O–H groups in total. The zero-order valence-corrected chi connectivity index (χ0v) is 17.1. The number of fused-ring (bicyclic) bond motifs is 1. The molecule has 3 aromatic carbocycles. The van der Waals surface area contributed by atoms with Gasteiger partial charge in [0.1, 0.15) is 0 Å². The van der Waals surface area contributed by atoms with Crippen molar-refractivity contribution in [2.75, 3.05) is 38.0 Å². The summed E-state index contributed by atoms with van der Waals surface area (Å²) in [5, 5.41) is 14.4. The van der Waals surface area contributed by atoms with Crippen molar-refractivity contribution in [2.45, 2.75) is 13.0 Å². The summed E-state index contributed by atoms with van der Waals surface area (Å²) in [5.41, 5.74) is 2.71. The fraction of sp³-hybridized carbons (Fsp3) is 0.280. The molecule has 1 saturated heterocycles. The van der Waals surface area contributed by atoms with Crippen LogP contribution in [0.4, 0.5) is 5.69 Å². The lowest BCUT2D eigenvalue weighted by atomic mass is 10.0. The normalized spacial score (nSPS) is 15.0. The Kier molecular flexibility index (Phi) is 6.38. The predicted octanol–water partition coefficient (Wildman–Crippen LogP) is 3.86. The third-order valence-corrected chi connectivity index (χ3v) is 5.69. The van der Waals surface area contributed by atoms with Gasteiger partial charge in [-0.2, -0.15) is 5.26 Å². The summed E-state index contributed by atoms with van der Waals surface area (Å²) in [6.07, 6.45) is 0.476. The number of hydrogen-bond acceptors (Lipinski definition) is 4. The topological polar surface area (TPSA) is 59.4 Å². The molecule has 1 amide bonds. The predicted molar refractivity (Wildman–Crippen MR) is 120 cm³/mol. The van der Waals surface area contributed by atoms with Crippen molar-refractivity contribution >= 4 is 22.4 Å². The minimum atomic E-state index is 0.0119. The average molecular weight is 399 g/mol. The third kappa shape index (κ3) is 5.04. The number of nitriles is 1. The van der Waals surface area contributed by atoms with E-state index in [0.29, 0.717) is 12.0 Å². The summed E-state index contributed by atoms with van der Waals surface area (Å²) in [4.78, 5) is 17.1. The molecule has 0 bridgehead atoms. The summed E-state index contributed by atoms with van der Waals surface area (Å²) in [5.74, 6) is 0.0119. The molecule has 1 aliphatic rings. The number of benzene rings is 3. The smallest absolute Gasteiger partial charge is 0.225 e. The van der Waals surface area contributed by atoms with E-state index >= 15 is 0 Å². The van der Waals surface area contributed by atoms with Gasteiger partial charge >= 0.3 is 0 Å². The lowest BCUT2D eigenvalue weighted by molar-refractivity contribution is -0.116. The van der Waals surface area contributed by atoms with E-state index < -0.39 is 0 Å². The van der Waals surface area contributed by atoms with Gasteiger partial charge in [-0.25, -0.2) is 0 Å². The van der Waals surface area contributed by atoms with Gasteiger partial charge in [-0.05, 0) is 40.6 Å². The molecule has 0 aliphatic carbocycles. The van der Waals surface area contributed by atoms with Crippen LogP contribution in [0.15, 0.2) is 66.7 Å². The number of nitrogens with zero attached hydrogens (tertiary/aromatic N) is 3. The molecule has 1 fully saturated rings. The maximum atomic E-state index is 12.2. The molecule has 0 aromatic heterocycles. The lowest BCUT2D eigenvalue weighted by Crippen LogP contribution is -2.46. The largest absolute Gasteiger partial charge is 0.326 e. The van der Waals surface area contributed by atoms with Crippen molar-refractivity contribution in [3.8, 4) is 6.07 Å². The third-order valence-electron chi connectivity index (χ3n) is 5.69. The zero-order chi connectivity index (χ0) is 20.8. The van der Waals surface area contributed by atoms with Crippen LogP contribution in [0.2, 0.25) is 0 Å². The monoisotopic (exact) mass is 398 g/mol. The van der Waals surface area contributed by atoms with Crippen molar-refractivity contribution in [1.29, 1.82) is 5.26 Å². The number of rotatable bonds is 6. The molecule has 0 radical (unpaired) electrons. The number of piperazine rings is 1. The average Bonchev–Trinajstić information content (AvgIpc) is 2.79. The highest BCUT2D eigenvalue weighted by molar-refractivity contribution is 5.90. The van der Waals surface area contributed by atoms with Crippen LogP contribution in [0.25, 0.3) is 10.8 Å². The highest BCUT2D eigenvalue weighted by Gasteiger charge is 2.18. The Morgan fingerprint density at radius 1 is 0.900 bits per heavy atom. The van der Waals surface area contributed by atoms with Gasteiger partial charge in [-0.15, -0.1) is 0 Å². The van der Waals surface area contributed by atoms with Gasteiger partial charge in [0, 0.05) is 51.4 Å². The number of hydrogen-bond donors (Lipinski definition) is 1. The van der Waals surface area contributed by atoms with Crippen LogP contribution >= 0.6 is 0 Å². The Labute approximate surface area is 177 Å². The molecule has 1 heterocycles. The zero-order valence-electron chi connectivity index (χ0n) is 17.1. The molecule has 5 nitrogen and oxygen atoms in total. The van der Waals surface area contributed by atoms with Crippen LogP contribution in [0, 0.1) is 11.3 Å². The van der Waals surface area contributed by atoms with Gasteiger partial charge < -0.3 is 10.2 Å². The van der Waals surface area contributed by atoms with Gasteiger partial charge in [-0.3, -0.25) is 9.69 Å². The van der Waals surface area contributed by atoms with Crippen molar-refractivity contribution in [2.24, 2.45) is 0 Å². The van der Waals surface area contributed by atoms with Crippen LogP contribution in [0.3, 0.4) is 0 Å². The second kappa shape index (κ2) is 9.53. The van der Waals surface area contributed by atoms with Crippen molar-refractivity contribution in [1.82, 2.24) is 9.80 Å². The van der Waals surface area contributed by atoms with Crippen LogP contribution in [0.5, 0.6) is 0 Å². The van der Waals surface area contributed by atoms with Crippen molar-refractivity contribution < 1.29 is 4.79 Å². The van der Waals surface area contributed by atoms with Crippen LogP contribution in [0.1, 0.15) is 17.5 Å². The maximum absolute atomic E-state index is 12.2. The Morgan fingerprint density at radius 3 is 2.37 bits per heavy atom. The first-order chi connectivity index (χ1) is 14.7. The summed E-state index contributed by atoms with van der Waals surface area (Å²) in [6, 6.07) is 24.1. The molecular weight excluding hydrogens is 372 g/mol. The van der Waals surface area contributed by atoms with Gasteiger partial charge in [-0.1, -0.05) is 42.5 Å². The molecule has 3 aromatic rings. The number of carbonyl (C=O) groups is 1. The number of anilines is 1. The molecule has 0 saturated carbocycles. The fourth-order valence-corrected chi connectivity index (χ4v) is 3.95. The Hall–Kier alpha value is -3.20.